The number of nitrogens with one attached hydrogen (secondary N) is 1. The lowest BCUT2D eigenvalue weighted by atomic mass is 9.99. The van der Waals surface area contributed by atoms with E-state index in [1.807, 2.05) is 60.7 Å². The van der Waals surface area contributed by atoms with E-state index < -0.39 is 15.1 Å². The summed E-state index contributed by atoms with van der Waals surface area (Å²) in [6.07, 6.45) is 0.403. The molecule has 0 aliphatic carbocycles. The Labute approximate surface area is 187 Å². The molecule has 0 aromatic heterocycles. The van der Waals surface area contributed by atoms with Gasteiger partial charge in [0.15, 0.2) is 9.84 Å². The van der Waals surface area contributed by atoms with Crippen molar-refractivity contribution in [3.63, 3.8) is 0 Å². The van der Waals surface area contributed by atoms with Crippen LogP contribution in [0.15, 0.2) is 89.8 Å². The molecule has 4 rings (SSSR count). The molecule has 1 unspecified atom stereocenters. The van der Waals surface area contributed by atoms with Crippen LogP contribution in [0.5, 0.6) is 0 Å². The molecule has 0 saturated carbocycles. The van der Waals surface area contributed by atoms with Gasteiger partial charge in [-0.2, -0.15) is 0 Å². The number of nitrogens with zero attached hydrogens (tertiary/aromatic N) is 1. The maximum absolute atomic E-state index is 13.1. The third kappa shape index (κ3) is 4.75. The molecule has 1 aliphatic heterocycles. The van der Waals surface area contributed by atoms with Gasteiger partial charge < -0.3 is 10.2 Å². The summed E-state index contributed by atoms with van der Waals surface area (Å²) in [5.41, 5.74) is 1.93. The zero-order valence-electron chi connectivity index (χ0n) is 16.8. The van der Waals surface area contributed by atoms with Gasteiger partial charge in [-0.1, -0.05) is 72.3 Å². The number of likely N-dealkylation sites (tertiary alicyclic amines) is 1. The quantitative estimate of drug-likeness (QED) is 0.608. The Hall–Kier alpha value is -2.83. The van der Waals surface area contributed by atoms with Gasteiger partial charge in [0.25, 0.3) is 0 Å². The Morgan fingerprint density at radius 2 is 1.45 bits per heavy atom. The zero-order chi connectivity index (χ0) is 21.8. The van der Waals surface area contributed by atoms with E-state index in [1.165, 1.54) is 12.1 Å². The number of hydrogen-bond acceptors (Lipinski definition) is 3. The Balaban J connectivity index is 1.50. The Morgan fingerprint density at radius 3 is 2.00 bits per heavy atom. The largest absolute Gasteiger partial charge is 0.327 e. The number of carbonyl (C=O) groups excluding carboxylic acids is 1. The monoisotopic (exact) mass is 454 g/mol. The van der Waals surface area contributed by atoms with Crippen LogP contribution >= 0.6 is 11.6 Å². The molecule has 1 fully saturated rings. The van der Waals surface area contributed by atoms with Gasteiger partial charge >= 0.3 is 6.03 Å². The summed E-state index contributed by atoms with van der Waals surface area (Å²) in [6.45, 7) is 0.548. The van der Waals surface area contributed by atoms with Gasteiger partial charge in [-0.05, 0) is 41.8 Å². The van der Waals surface area contributed by atoms with Crippen LogP contribution in [0, 0.1) is 0 Å². The molecule has 0 radical (unpaired) electrons. The molecule has 2 amide bonds. The lowest BCUT2D eigenvalue weighted by Crippen LogP contribution is -2.41. The number of rotatable bonds is 5. The van der Waals surface area contributed by atoms with Crippen LogP contribution in [-0.4, -0.2) is 37.7 Å². The molecular formula is C24H23ClN2O3S. The van der Waals surface area contributed by atoms with E-state index in [-0.39, 0.29) is 23.5 Å². The fourth-order valence-electron chi connectivity index (χ4n) is 3.85. The van der Waals surface area contributed by atoms with E-state index in [1.54, 1.807) is 17.0 Å². The molecule has 1 aliphatic rings. The van der Waals surface area contributed by atoms with E-state index in [4.69, 9.17) is 11.6 Å². The van der Waals surface area contributed by atoms with Crippen molar-refractivity contribution in [2.45, 2.75) is 22.6 Å². The first-order valence-electron chi connectivity index (χ1n) is 10.1. The van der Waals surface area contributed by atoms with Crippen LogP contribution in [0.2, 0.25) is 5.02 Å². The van der Waals surface area contributed by atoms with E-state index >= 15 is 0 Å². The SMILES string of the molecule is O=C(NC(c1ccccc1)c1ccccc1)N1CCC(S(=O)(=O)c2ccc(Cl)cc2)C1. The van der Waals surface area contributed by atoms with Gasteiger partial charge in [0.2, 0.25) is 0 Å². The molecule has 1 saturated heterocycles. The molecule has 0 spiro atoms. The Morgan fingerprint density at radius 1 is 0.903 bits per heavy atom. The van der Waals surface area contributed by atoms with Gasteiger partial charge in [0, 0.05) is 18.1 Å². The van der Waals surface area contributed by atoms with Gasteiger partial charge in [-0.25, -0.2) is 13.2 Å². The first-order chi connectivity index (χ1) is 14.9. The molecule has 1 N–H and O–H groups in total. The lowest BCUT2D eigenvalue weighted by molar-refractivity contribution is 0.206. The second kappa shape index (κ2) is 9.12. The van der Waals surface area contributed by atoms with Crippen molar-refractivity contribution in [3.8, 4) is 0 Å². The summed E-state index contributed by atoms with van der Waals surface area (Å²) in [7, 11) is -3.53. The third-order valence-electron chi connectivity index (χ3n) is 5.55. The van der Waals surface area contributed by atoms with Crippen molar-refractivity contribution in [2.24, 2.45) is 0 Å². The number of sulfone groups is 1. The smallest absolute Gasteiger partial charge is 0.318 e. The summed E-state index contributed by atoms with van der Waals surface area (Å²) < 4.78 is 26.0. The Bertz CT molecular complexity index is 1100. The fourth-order valence-corrected chi connectivity index (χ4v) is 5.67. The minimum atomic E-state index is -3.53. The number of urea groups is 1. The van der Waals surface area contributed by atoms with Gasteiger partial charge in [-0.15, -0.1) is 0 Å². The van der Waals surface area contributed by atoms with Crippen molar-refractivity contribution < 1.29 is 13.2 Å². The average Bonchev–Trinajstić information content (AvgIpc) is 3.30. The van der Waals surface area contributed by atoms with Gasteiger partial charge in [-0.3, -0.25) is 0 Å². The molecule has 7 heteroatoms. The predicted octanol–water partition coefficient (Wildman–Crippen LogP) is 4.69. The molecule has 5 nitrogen and oxygen atoms in total. The molecule has 160 valence electrons. The first kappa shape index (κ1) is 21.4. The fraction of sp³-hybridized carbons (Fsp3) is 0.208. The van der Waals surface area contributed by atoms with Crippen LogP contribution in [0.3, 0.4) is 0 Å². The van der Waals surface area contributed by atoms with E-state index in [9.17, 15) is 13.2 Å². The van der Waals surface area contributed by atoms with Crippen molar-refractivity contribution in [2.75, 3.05) is 13.1 Å². The van der Waals surface area contributed by atoms with Gasteiger partial charge in [0.1, 0.15) is 0 Å². The Kier molecular flexibility index (Phi) is 6.30. The van der Waals surface area contributed by atoms with Gasteiger partial charge in [0.05, 0.1) is 16.2 Å². The molecule has 1 heterocycles. The molecular weight excluding hydrogens is 432 g/mol. The van der Waals surface area contributed by atoms with Crippen LogP contribution in [-0.2, 0) is 9.84 Å². The topological polar surface area (TPSA) is 66.5 Å². The second-order valence-corrected chi connectivity index (χ2v) is 10.2. The number of amides is 2. The summed E-state index contributed by atoms with van der Waals surface area (Å²) >= 11 is 5.88. The number of halogens is 1. The van der Waals surface area contributed by atoms with Crippen LogP contribution in [0.1, 0.15) is 23.6 Å². The minimum absolute atomic E-state index is 0.160. The van der Waals surface area contributed by atoms with Crippen molar-refractivity contribution >= 4 is 27.5 Å². The van der Waals surface area contributed by atoms with Crippen molar-refractivity contribution in [1.29, 1.82) is 0 Å². The lowest BCUT2D eigenvalue weighted by Gasteiger charge is -2.24. The predicted molar refractivity (Wildman–Crippen MR) is 122 cm³/mol. The van der Waals surface area contributed by atoms with E-state index in [0.29, 0.717) is 18.0 Å². The van der Waals surface area contributed by atoms with Crippen LogP contribution < -0.4 is 5.32 Å². The maximum Gasteiger partial charge on any atom is 0.318 e. The molecule has 3 aromatic carbocycles. The van der Waals surface area contributed by atoms with E-state index in [0.717, 1.165) is 11.1 Å². The number of carbonyl (C=O) groups is 1. The summed E-state index contributed by atoms with van der Waals surface area (Å²) in [5.74, 6) is 0. The van der Waals surface area contributed by atoms with Crippen LogP contribution in [0.25, 0.3) is 0 Å². The second-order valence-electron chi connectivity index (χ2n) is 7.56. The van der Waals surface area contributed by atoms with Crippen molar-refractivity contribution in [3.05, 3.63) is 101 Å². The number of benzene rings is 3. The third-order valence-corrected chi connectivity index (χ3v) is 7.99. The number of hydrogen-bond donors (Lipinski definition) is 1. The van der Waals surface area contributed by atoms with Crippen LogP contribution in [0.4, 0.5) is 4.79 Å². The average molecular weight is 455 g/mol. The summed E-state index contributed by atoms with van der Waals surface area (Å²) in [5, 5.41) is 2.94. The molecule has 1 atom stereocenters. The molecule has 0 bridgehead atoms. The van der Waals surface area contributed by atoms with Crippen molar-refractivity contribution in [1.82, 2.24) is 10.2 Å². The minimum Gasteiger partial charge on any atom is -0.327 e. The normalized spacial score (nSPS) is 16.5. The highest BCUT2D eigenvalue weighted by Crippen LogP contribution is 2.27. The maximum atomic E-state index is 13.1. The highest BCUT2D eigenvalue weighted by atomic mass is 35.5. The highest BCUT2D eigenvalue weighted by Gasteiger charge is 2.36. The molecule has 31 heavy (non-hydrogen) atoms. The molecule has 3 aromatic rings. The summed E-state index contributed by atoms with van der Waals surface area (Å²) in [6, 6.07) is 25.0. The highest BCUT2D eigenvalue weighted by molar-refractivity contribution is 7.92. The summed E-state index contributed by atoms with van der Waals surface area (Å²) in [4.78, 5) is 14.9. The zero-order valence-corrected chi connectivity index (χ0v) is 18.4. The standard InChI is InChI=1S/C24H23ClN2O3S/c25-20-11-13-21(14-12-20)31(29,30)22-15-16-27(17-22)24(28)26-23(18-7-3-1-4-8-18)19-9-5-2-6-10-19/h1-14,22-23H,15-17H2,(H,26,28). The van der Waals surface area contributed by atoms with E-state index in [2.05, 4.69) is 5.32 Å². The first-order valence-corrected chi connectivity index (χ1v) is 12.0.